The molecule has 0 bridgehead atoms. The van der Waals surface area contributed by atoms with E-state index in [4.69, 9.17) is 4.74 Å². The fourth-order valence-electron chi connectivity index (χ4n) is 1.33. The van der Waals surface area contributed by atoms with Crippen LogP contribution in [0.2, 0.25) is 0 Å². The lowest BCUT2D eigenvalue weighted by Crippen LogP contribution is -1.94. The van der Waals surface area contributed by atoms with Crippen molar-refractivity contribution in [3.8, 4) is 11.5 Å². The summed E-state index contributed by atoms with van der Waals surface area (Å²) >= 11 is 0. The van der Waals surface area contributed by atoms with Crippen LogP contribution in [0.4, 0.5) is 5.69 Å². The van der Waals surface area contributed by atoms with Crippen LogP contribution in [0, 0.1) is 0 Å². The number of ether oxygens (including phenoxy) is 1. The molecule has 0 heterocycles. The summed E-state index contributed by atoms with van der Waals surface area (Å²) in [5.74, 6) is 1.39. The maximum Gasteiger partial charge on any atom is 0.222 e. The first kappa shape index (κ1) is 11.5. The highest BCUT2D eigenvalue weighted by atomic mass is 32.2. The van der Waals surface area contributed by atoms with Crippen molar-refractivity contribution in [3.63, 3.8) is 0 Å². The zero-order chi connectivity index (χ0) is 12.1. The van der Waals surface area contributed by atoms with Crippen LogP contribution in [0.3, 0.4) is 0 Å². The average Bonchev–Trinajstić information content (AvgIpc) is 2.32. The molecule has 0 radical (unpaired) electrons. The average molecular weight is 249 g/mol. The first-order valence-electron chi connectivity index (χ1n) is 4.98. The van der Waals surface area contributed by atoms with Gasteiger partial charge < -0.3 is 4.74 Å². The van der Waals surface area contributed by atoms with E-state index in [0.29, 0.717) is 11.4 Å². The van der Waals surface area contributed by atoms with Crippen LogP contribution in [0.15, 0.2) is 54.6 Å². The van der Waals surface area contributed by atoms with E-state index in [9.17, 15) is 8.42 Å². The molecule has 0 amide bonds. The van der Waals surface area contributed by atoms with E-state index in [-0.39, 0.29) is 0 Å². The van der Waals surface area contributed by atoms with E-state index in [1.807, 2.05) is 30.3 Å². The molecule has 88 valence electrons. The highest BCUT2D eigenvalue weighted by molar-refractivity contribution is 7.73. The minimum atomic E-state index is -2.63. The molecule has 0 saturated carbocycles. The summed E-state index contributed by atoms with van der Waals surface area (Å²) in [6.07, 6.45) is 0. The molecular formula is C12H11NO3S. The molecule has 4 nitrogen and oxygen atoms in total. The Morgan fingerprint density at radius 1 is 0.824 bits per heavy atom. The number of hydrogen-bond acceptors (Lipinski definition) is 3. The molecule has 1 N–H and O–H groups in total. The third-order valence-electron chi connectivity index (χ3n) is 2.05. The van der Waals surface area contributed by atoms with E-state index >= 15 is 0 Å². The van der Waals surface area contributed by atoms with Crippen LogP contribution >= 0.6 is 0 Å². The van der Waals surface area contributed by atoms with Crippen molar-refractivity contribution in [2.75, 3.05) is 4.72 Å². The number of rotatable bonds is 4. The Morgan fingerprint density at radius 3 is 2.00 bits per heavy atom. The van der Waals surface area contributed by atoms with Gasteiger partial charge in [-0.2, -0.15) is 0 Å². The lowest BCUT2D eigenvalue weighted by atomic mass is 10.3. The predicted octanol–water partition coefficient (Wildman–Crippen LogP) is 2.42. The molecule has 0 atom stereocenters. The topological polar surface area (TPSA) is 55.4 Å². The summed E-state index contributed by atoms with van der Waals surface area (Å²) in [7, 11) is -2.63. The van der Waals surface area contributed by atoms with Gasteiger partial charge in [-0.15, -0.1) is 0 Å². The summed E-state index contributed by atoms with van der Waals surface area (Å²) in [5, 5.41) is 0. The number of anilines is 1. The molecule has 2 aromatic rings. The van der Waals surface area contributed by atoms with Crippen LogP contribution in [0.1, 0.15) is 0 Å². The molecule has 0 saturated heterocycles. The van der Waals surface area contributed by atoms with Crippen LogP contribution in [0.25, 0.3) is 0 Å². The van der Waals surface area contributed by atoms with Crippen LogP contribution in [0.5, 0.6) is 11.5 Å². The standard InChI is InChI=1S/C12H11NO3S/c14-17(15)13-10-6-8-12(9-7-10)16-11-4-2-1-3-5-11/h1-9,17H,(H,13,14,15). The zero-order valence-corrected chi connectivity index (χ0v) is 9.76. The fourth-order valence-corrected chi connectivity index (χ4v) is 1.69. The lowest BCUT2D eigenvalue weighted by Gasteiger charge is -2.05. The Balaban J connectivity index is 2.08. The SMILES string of the molecule is O=[SH](=O)Nc1ccc(Oc2ccccc2)cc1. The summed E-state index contributed by atoms with van der Waals surface area (Å²) in [6.45, 7) is 0. The van der Waals surface area contributed by atoms with Crippen molar-refractivity contribution < 1.29 is 13.2 Å². The smallest absolute Gasteiger partial charge is 0.222 e. The van der Waals surface area contributed by atoms with E-state index in [0.717, 1.165) is 5.75 Å². The zero-order valence-electron chi connectivity index (χ0n) is 8.87. The second-order valence-electron chi connectivity index (χ2n) is 3.31. The van der Waals surface area contributed by atoms with Gasteiger partial charge in [0.05, 0.1) is 0 Å². The van der Waals surface area contributed by atoms with E-state index in [1.165, 1.54) is 0 Å². The van der Waals surface area contributed by atoms with Crippen molar-refractivity contribution in [2.24, 2.45) is 0 Å². The highest BCUT2D eigenvalue weighted by Crippen LogP contribution is 2.22. The Morgan fingerprint density at radius 2 is 1.41 bits per heavy atom. The third-order valence-corrected chi connectivity index (χ3v) is 2.49. The van der Waals surface area contributed by atoms with Gasteiger partial charge in [0, 0.05) is 5.69 Å². The summed E-state index contributed by atoms with van der Waals surface area (Å²) in [5.41, 5.74) is 0.515. The van der Waals surface area contributed by atoms with E-state index < -0.39 is 10.9 Å². The largest absolute Gasteiger partial charge is 0.457 e. The normalized spacial score (nSPS) is 10.2. The fraction of sp³-hybridized carbons (Fsp3) is 0. The first-order valence-corrected chi connectivity index (χ1v) is 6.16. The van der Waals surface area contributed by atoms with E-state index in [1.54, 1.807) is 24.3 Å². The summed E-state index contributed by atoms with van der Waals surface area (Å²) in [6, 6.07) is 16.1. The van der Waals surface area contributed by atoms with Gasteiger partial charge >= 0.3 is 0 Å². The molecule has 0 unspecified atom stereocenters. The first-order chi connectivity index (χ1) is 8.24. The molecule has 0 spiro atoms. The molecule has 17 heavy (non-hydrogen) atoms. The van der Waals surface area contributed by atoms with Crippen molar-refractivity contribution in [2.45, 2.75) is 0 Å². The number of hydrogen-bond donors (Lipinski definition) is 2. The molecule has 0 aliphatic carbocycles. The molecule has 2 aromatic carbocycles. The molecule has 0 aliphatic rings. The molecule has 0 fully saturated rings. The molecule has 0 aliphatic heterocycles. The number of benzene rings is 2. The minimum absolute atomic E-state index is 0.515. The van der Waals surface area contributed by atoms with Gasteiger partial charge in [-0.1, -0.05) is 18.2 Å². The van der Waals surface area contributed by atoms with Crippen molar-refractivity contribution in [1.82, 2.24) is 0 Å². The van der Waals surface area contributed by atoms with Crippen LogP contribution in [-0.2, 0) is 10.9 Å². The van der Waals surface area contributed by atoms with Gasteiger partial charge in [0.2, 0.25) is 10.9 Å². The molecule has 5 heteroatoms. The Kier molecular flexibility index (Phi) is 3.62. The van der Waals surface area contributed by atoms with Crippen molar-refractivity contribution >= 4 is 16.6 Å². The van der Waals surface area contributed by atoms with Crippen LogP contribution in [-0.4, -0.2) is 8.42 Å². The van der Waals surface area contributed by atoms with Gasteiger partial charge in [-0.3, -0.25) is 4.72 Å². The number of thiol groups is 1. The predicted molar refractivity (Wildman–Crippen MR) is 66.9 cm³/mol. The Labute approximate surface area is 101 Å². The summed E-state index contributed by atoms with van der Waals surface area (Å²) in [4.78, 5) is 0. The van der Waals surface area contributed by atoms with Gasteiger partial charge in [0.1, 0.15) is 11.5 Å². The van der Waals surface area contributed by atoms with E-state index in [2.05, 4.69) is 4.72 Å². The maximum absolute atomic E-state index is 10.4. The third kappa shape index (κ3) is 3.49. The van der Waals surface area contributed by atoms with Gasteiger partial charge in [0.15, 0.2) is 0 Å². The molecule has 2 rings (SSSR count). The molecular weight excluding hydrogens is 238 g/mol. The number of nitrogens with one attached hydrogen (secondary N) is 1. The van der Waals surface area contributed by atoms with Crippen molar-refractivity contribution in [1.29, 1.82) is 0 Å². The van der Waals surface area contributed by atoms with Gasteiger partial charge in [-0.05, 0) is 36.4 Å². The van der Waals surface area contributed by atoms with Gasteiger partial charge in [0.25, 0.3) is 0 Å². The molecule has 0 aromatic heterocycles. The second-order valence-corrected chi connectivity index (χ2v) is 4.05. The van der Waals surface area contributed by atoms with Gasteiger partial charge in [-0.25, -0.2) is 8.42 Å². The highest BCUT2D eigenvalue weighted by Gasteiger charge is 1.97. The van der Waals surface area contributed by atoms with Crippen molar-refractivity contribution in [3.05, 3.63) is 54.6 Å². The van der Waals surface area contributed by atoms with Crippen LogP contribution < -0.4 is 9.46 Å². The number of para-hydroxylation sites is 1. The quantitative estimate of drug-likeness (QED) is 0.818. The lowest BCUT2D eigenvalue weighted by molar-refractivity contribution is 0.483. The minimum Gasteiger partial charge on any atom is -0.457 e. The Hall–Kier alpha value is -2.01. The maximum atomic E-state index is 10.4. The Bertz CT molecular complexity index is 542. The monoisotopic (exact) mass is 249 g/mol. The second kappa shape index (κ2) is 5.36. The summed E-state index contributed by atoms with van der Waals surface area (Å²) < 4.78 is 28.7.